The van der Waals surface area contributed by atoms with Gasteiger partial charge in [0.1, 0.15) is 11.5 Å². The quantitative estimate of drug-likeness (QED) is 0.429. The summed E-state index contributed by atoms with van der Waals surface area (Å²) in [6, 6.07) is 12.6. The van der Waals surface area contributed by atoms with Crippen LogP contribution in [0.3, 0.4) is 0 Å². The Kier molecular flexibility index (Phi) is 5.94. The van der Waals surface area contributed by atoms with Crippen molar-refractivity contribution in [3.8, 4) is 17.2 Å². The Bertz CT molecular complexity index is 1330. The lowest BCUT2D eigenvalue weighted by Crippen LogP contribution is -2.46. The molecule has 2 aromatic carbocycles. The fraction of sp³-hybridized carbons (Fsp3) is 0.333. The normalized spacial score (nSPS) is 20.7. The van der Waals surface area contributed by atoms with E-state index in [0.29, 0.717) is 6.92 Å². The lowest BCUT2D eigenvalue weighted by atomic mass is 9.95. The van der Waals surface area contributed by atoms with E-state index in [4.69, 9.17) is 9.57 Å². The molecule has 188 valence electrons. The topological polar surface area (TPSA) is 61.1 Å². The van der Waals surface area contributed by atoms with Gasteiger partial charge < -0.3 is 23.8 Å². The second-order valence-electron chi connectivity index (χ2n) is 9.20. The van der Waals surface area contributed by atoms with E-state index in [1.165, 1.54) is 12.1 Å². The second kappa shape index (κ2) is 8.96. The zero-order valence-corrected chi connectivity index (χ0v) is 20.7. The highest BCUT2D eigenvalue weighted by Gasteiger charge is 2.45. The minimum absolute atomic E-state index is 0.0939. The zero-order chi connectivity index (χ0) is 25.5. The van der Waals surface area contributed by atoms with Gasteiger partial charge in [-0.1, -0.05) is 11.2 Å². The molecule has 1 atom stereocenters. The van der Waals surface area contributed by atoms with Crippen LogP contribution in [0.25, 0.3) is 11.8 Å². The summed E-state index contributed by atoms with van der Waals surface area (Å²) >= 11 is 0. The maximum atomic E-state index is 13.2. The van der Waals surface area contributed by atoms with Crippen LogP contribution in [0.5, 0.6) is 11.5 Å². The molecule has 1 fully saturated rings. The number of amidine groups is 1. The third-order valence-corrected chi connectivity index (χ3v) is 6.42. The number of rotatable bonds is 6. The number of aryl methyl sites for hydroxylation is 1. The van der Waals surface area contributed by atoms with E-state index in [-0.39, 0.29) is 5.75 Å². The van der Waals surface area contributed by atoms with Gasteiger partial charge in [-0.3, -0.25) is 0 Å². The third-order valence-electron chi connectivity index (χ3n) is 6.42. The van der Waals surface area contributed by atoms with E-state index in [0.717, 1.165) is 59.1 Å². The van der Waals surface area contributed by atoms with E-state index in [1.807, 2.05) is 42.8 Å². The summed E-state index contributed by atoms with van der Waals surface area (Å²) in [6.45, 7) is 5.36. The molecule has 1 saturated heterocycles. The van der Waals surface area contributed by atoms with Crippen molar-refractivity contribution in [1.29, 1.82) is 0 Å². The first-order valence-electron chi connectivity index (χ1n) is 11.8. The number of piperidine rings is 1. The number of methoxy groups -OCH3 is 1. The number of aromatic nitrogens is 2. The second-order valence-corrected chi connectivity index (χ2v) is 9.20. The van der Waals surface area contributed by atoms with Gasteiger partial charge in [0.2, 0.25) is 5.72 Å². The highest BCUT2D eigenvalue weighted by atomic mass is 19.3. The average Bonchev–Trinajstić information content (AvgIpc) is 3.43. The number of nitrogens with zero attached hydrogens (tertiary/aromatic N) is 4. The highest BCUT2D eigenvalue weighted by Crippen LogP contribution is 2.41. The van der Waals surface area contributed by atoms with Gasteiger partial charge in [0.15, 0.2) is 5.84 Å². The number of oxime groups is 1. The van der Waals surface area contributed by atoms with Crippen molar-refractivity contribution >= 4 is 11.9 Å². The minimum Gasteiger partial charge on any atom is -0.495 e. The SMILES string of the molecule is COc1cc(C=C2CCCN3C2=NOC3(C)c2ccc(OC(C)(F)F)cc2)ccc1-n1cnc(C)c1. The number of imidazole rings is 1. The van der Waals surface area contributed by atoms with Gasteiger partial charge in [-0.2, -0.15) is 8.78 Å². The smallest absolute Gasteiger partial charge is 0.394 e. The molecule has 0 radical (unpaired) electrons. The molecule has 5 rings (SSSR count). The van der Waals surface area contributed by atoms with Crippen molar-refractivity contribution in [2.24, 2.45) is 5.16 Å². The van der Waals surface area contributed by atoms with Crippen molar-refractivity contribution in [2.45, 2.75) is 45.4 Å². The lowest BCUT2D eigenvalue weighted by molar-refractivity contribution is -0.159. The van der Waals surface area contributed by atoms with Gasteiger partial charge in [0.25, 0.3) is 0 Å². The molecule has 0 N–H and O–H groups in total. The number of alkyl halides is 2. The van der Waals surface area contributed by atoms with Crippen molar-refractivity contribution in [3.05, 3.63) is 77.4 Å². The molecule has 36 heavy (non-hydrogen) atoms. The predicted molar refractivity (Wildman–Crippen MR) is 132 cm³/mol. The Morgan fingerprint density at radius 3 is 2.61 bits per heavy atom. The molecule has 0 amide bonds. The van der Waals surface area contributed by atoms with Crippen LogP contribution in [0.1, 0.15) is 43.5 Å². The Hall–Kier alpha value is -3.88. The van der Waals surface area contributed by atoms with Crippen molar-refractivity contribution in [3.63, 3.8) is 0 Å². The van der Waals surface area contributed by atoms with Crippen molar-refractivity contribution in [2.75, 3.05) is 13.7 Å². The van der Waals surface area contributed by atoms with Gasteiger partial charge in [0.05, 0.1) is 24.8 Å². The third kappa shape index (κ3) is 4.53. The maximum Gasteiger partial charge on any atom is 0.394 e. The highest BCUT2D eigenvalue weighted by molar-refractivity contribution is 6.03. The largest absolute Gasteiger partial charge is 0.495 e. The molecule has 0 aliphatic carbocycles. The molecular weight excluding hydrogens is 466 g/mol. The Morgan fingerprint density at radius 2 is 1.94 bits per heavy atom. The van der Waals surface area contributed by atoms with E-state index >= 15 is 0 Å². The molecule has 7 nitrogen and oxygen atoms in total. The van der Waals surface area contributed by atoms with Crippen LogP contribution < -0.4 is 9.47 Å². The molecule has 0 spiro atoms. The number of halogens is 2. The van der Waals surface area contributed by atoms with Crippen LogP contribution in [-0.2, 0) is 10.6 Å². The number of benzene rings is 2. The summed E-state index contributed by atoms with van der Waals surface area (Å²) in [7, 11) is 1.65. The first-order chi connectivity index (χ1) is 17.2. The van der Waals surface area contributed by atoms with Crippen molar-refractivity contribution < 1.29 is 23.1 Å². The molecule has 1 aromatic heterocycles. The lowest BCUT2D eigenvalue weighted by Gasteiger charge is -2.37. The van der Waals surface area contributed by atoms with Gasteiger partial charge in [-0.15, -0.1) is 0 Å². The summed E-state index contributed by atoms with van der Waals surface area (Å²) in [5.41, 5.74) is 3.84. The summed E-state index contributed by atoms with van der Waals surface area (Å²) in [5, 5.41) is 4.44. The van der Waals surface area contributed by atoms with Gasteiger partial charge in [-0.05, 0) is 73.4 Å². The van der Waals surface area contributed by atoms with Crippen LogP contribution in [0.15, 0.2) is 65.7 Å². The summed E-state index contributed by atoms with van der Waals surface area (Å²) in [6.07, 6.45) is 4.37. The van der Waals surface area contributed by atoms with Gasteiger partial charge in [0, 0.05) is 32.2 Å². The summed E-state index contributed by atoms with van der Waals surface area (Å²) in [5.74, 6) is 1.61. The van der Waals surface area contributed by atoms with E-state index in [1.54, 1.807) is 25.6 Å². The first kappa shape index (κ1) is 23.8. The van der Waals surface area contributed by atoms with Crippen LogP contribution >= 0.6 is 0 Å². The molecule has 3 aromatic rings. The Morgan fingerprint density at radius 1 is 1.17 bits per heavy atom. The molecule has 3 heterocycles. The summed E-state index contributed by atoms with van der Waals surface area (Å²) in [4.78, 5) is 12.4. The van der Waals surface area contributed by atoms with Crippen LogP contribution in [0, 0.1) is 6.92 Å². The molecule has 0 saturated carbocycles. The van der Waals surface area contributed by atoms with E-state index in [2.05, 4.69) is 25.9 Å². The number of hydrogen-bond donors (Lipinski definition) is 0. The molecule has 0 bridgehead atoms. The molecule has 2 aliphatic rings. The molecular formula is C27H28F2N4O3. The zero-order valence-electron chi connectivity index (χ0n) is 20.7. The minimum atomic E-state index is -3.24. The van der Waals surface area contributed by atoms with E-state index in [9.17, 15) is 8.78 Å². The monoisotopic (exact) mass is 494 g/mol. The average molecular weight is 495 g/mol. The van der Waals surface area contributed by atoms with Crippen LogP contribution in [-0.4, -0.2) is 40.0 Å². The Balaban J connectivity index is 1.40. The Labute approximate surface area is 208 Å². The number of hydrogen-bond acceptors (Lipinski definition) is 6. The fourth-order valence-corrected chi connectivity index (χ4v) is 4.66. The summed E-state index contributed by atoms with van der Waals surface area (Å²) < 4.78 is 38.6. The standard InChI is InChI=1S/C27H28F2N4O3/c1-18-16-32(17-30-18)23-12-7-19(15-24(23)34-4)14-20-6-5-13-33-25(20)31-36-26(33,2)21-8-10-22(11-9-21)35-27(3,28)29/h7-12,14-17H,5-6,13H2,1-4H3. The van der Waals surface area contributed by atoms with Crippen molar-refractivity contribution in [1.82, 2.24) is 14.5 Å². The van der Waals surface area contributed by atoms with E-state index < -0.39 is 11.8 Å². The van der Waals surface area contributed by atoms with Crippen LogP contribution in [0.2, 0.25) is 0 Å². The maximum absolute atomic E-state index is 13.2. The predicted octanol–water partition coefficient (Wildman–Crippen LogP) is 5.88. The molecule has 2 aliphatic heterocycles. The van der Waals surface area contributed by atoms with Gasteiger partial charge in [-0.25, -0.2) is 4.98 Å². The fourth-order valence-electron chi connectivity index (χ4n) is 4.66. The first-order valence-corrected chi connectivity index (χ1v) is 11.8. The molecule has 1 unspecified atom stereocenters. The molecule has 9 heteroatoms. The number of fused-ring (bicyclic) bond motifs is 1. The van der Waals surface area contributed by atoms with Gasteiger partial charge >= 0.3 is 6.11 Å². The number of ether oxygens (including phenoxy) is 2. The van der Waals surface area contributed by atoms with Crippen LogP contribution in [0.4, 0.5) is 8.78 Å².